The van der Waals surface area contributed by atoms with Crippen molar-refractivity contribution in [2.75, 3.05) is 18.0 Å². The van der Waals surface area contributed by atoms with E-state index < -0.39 is 17.7 Å². The second kappa shape index (κ2) is 5.07. The zero-order valence-corrected chi connectivity index (χ0v) is 10.1. The molecule has 1 aromatic rings. The Bertz CT molecular complexity index is 451. The van der Waals surface area contributed by atoms with Gasteiger partial charge in [-0.25, -0.2) is 4.98 Å². The number of aromatic nitrogens is 1. The number of nitrogens with one attached hydrogen (secondary N) is 1. The molecule has 0 saturated carbocycles. The lowest BCUT2D eigenvalue weighted by atomic mass is 9.97. The van der Waals surface area contributed by atoms with E-state index in [2.05, 4.69) is 4.98 Å². The Morgan fingerprint density at radius 2 is 1.95 bits per heavy atom. The number of rotatable bonds is 2. The summed E-state index contributed by atoms with van der Waals surface area (Å²) in [5.74, 6) is -0.585. The van der Waals surface area contributed by atoms with Gasteiger partial charge in [-0.3, -0.25) is 9.69 Å². The summed E-state index contributed by atoms with van der Waals surface area (Å²) in [4.78, 5) is 15.3. The molecule has 0 amide bonds. The Kier molecular flexibility index (Phi) is 3.64. The van der Waals surface area contributed by atoms with Crippen LogP contribution in [-0.4, -0.2) is 24.2 Å². The molecular weight excluding hydrogens is 261 g/mol. The lowest BCUT2D eigenvalue weighted by molar-refractivity contribution is -0.367. The highest BCUT2D eigenvalue weighted by Gasteiger charge is 2.33. The average molecular weight is 275 g/mol. The number of pyridine rings is 1. The summed E-state index contributed by atoms with van der Waals surface area (Å²) in [5, 5.41) is 8.87. The van der Waals surface area contributed by atoms with Crippen LogP contribution in [0, 0.1) is 5.92 Å². The molecule has 19 heavy (non-hydrogen) atoms. The third kappa shape index (κ3) is 3.15. The van der Waals surface area contributed by atoms with Gasteiger partial charge in [-0.05, 0) is 18.9 Å². The molecule has 0 aromatic carbocycles. The van der Waals surface area contributed by atoms with E-state index >= 15 is 0 Å². The first-order valence-corrected chi connectivity index (χ1v) is 5.94. The Hall–Kier alpha value is -1.79. The summed E-state index contributed by atoms with van der Waals surface area (Å²) in [7, 11) is 0. The second-order valence-electron chi connectivity index (χ2n) is 4.56. The molecule has 2 N–H and O–H groups in total. The van der Waals surface area contributed by atoms with Crippen molar-refractivity contribution in [1.82, 2.24) is 0 Å². The third-order valence-electron chi connectivity index (χ3n) is 3.31. The summed E-state index contributed by atoms with van der Waals surface area (Å²) in [5.41, 5.74) is -0.725. The lowest BCUT2D eigenvalue weighted by Gasteiger charge is -2.25. The molecule has 1 saturated heterocycles. The van der Waals surface area contributed by atoms with Crippen molar-refractivity contribution in [2.45, 2.75) is 19.0 Å². The molecule has 104 valence electrons. The van der Waals surface area contributed by atoms with E-state index in [4.69, 9.17) is 5.11 Å². The molecule has 1 fully saturated rings. The summed E-state index contributed by atoms with van der Waals surface area (Å²) in [6.07, 6.45) is -2.42. The van der Waals surface area contributed by atoms with Gasteiger partial charge < -0.3 is 5.11 Å². The molecule has 0 spiro atoms. The molecule has 0 atom stereocenters. The van der Waals surface area contributed by atoms with Crippen molar-refractivity contribution >= 4 is 11.8 Å². The maximum absolute atomic E-state index is 12.4. The Balaban J connectivity index is 2.02. The third-order valence-corrected chi connectivity index (χ3v) is 3.31. The fourth-order valence-corrected chi connectivity index (χ4v) is 2.16. The fraction of sp³-hybridized carbons (Fsp3) is 0.500. The molecule has 1 aliphatic heterocycles. The predicted molar refractivity (Wildman–Crippen MR) is 60.6 cm³/mol. The van der Waals surface area contributed by atoms with Crippen LogP contribution in [0.1, 0.15) is 18.4 Å². The van der Waals surface area contributed by atoms with E-state index in [0.717, 1.165) is 12.3 Å². The molecule has 0 unspecified atom stereocenters. The van der Waals surface area contributed by atoms with Gasteiger partial charge in [0.15, 0.2) is 0 Å². The highest BCUT2D eigenvalue weighted by Crippen LogP contribution is 2.29. The summed E-state index contributed by atoms with van der Waals surface area (Å²) in [6.45, 7) is 1.05. The zero-order chi connectivity index (χ0) is 14.0. The van der Waals surface area contributed by atoms with Gasteiger partial charge in [0, 0.05) is 6.07 Å². The Morgan fingerprint density at radius 1 is 1.32 bits per heavy atom. The van der Waals surface area contributed by atoms with Gasteiger partial charge in [-0.1, -0.05) is 0 Å². The van der Waals surface area contributed by atoms with Gasteiger partial charge in [0.05, 0.1) is 24.6 Å². The summed E-state index contributed by atoms with van der Waals surface area (Å²) >= 11 is 0. The number of halogens is 3. The standard InChI is InChI=1S/C12H13F3N2O2/c13-12(14,15)9-1-2-10(16-7-9)17-5-3-8(4-6-17)11(18)19/h1-2,7-8H,3-6H2,(H,18,19)/p+1. The number of piperidine rings is 1. The highest BCUT2D eigenvalue weighted by molar-refractivity contribution is 5.70. The smallest absolute Gasteiger partial charge is 0.419 e. The normalized spacial score (nSPS) is 17.5. The first kappa shape index (κ1) is 13.6. The maximum atomic E-state index is 12.4. The van der Waals surface area contributed by atoms with Gasteiger partial charge in [-0.2, -0.15) is 13.2 Å². The maximum Gasteiger partial charge on any atom is 0.419 e. The number of aliphatic carboxylic acids is 1. The minimum absolute atomic E-state index is 0.356. The number of aromatic amines is 1. The fourth-order valence-electron chi connectivity index (χ4n) is 2.16. The van der Waals surface area contributed by atoms with Crippen molar-refractivity contribution in [2.24, 2.45) is 5.92 Å². The minimum Gasteiger partial charge on any atom is -0.481 e. The quantitative estimate of drug-likeness (QED) is 0.895. The summed E-state index contributed by atoms with van der Waals surface area (Å²) in [6, 6.07) is 2.40. The lowest BCUT2D eigenvalue weighted by Crippen LogP contribution is -2.39. The van der Waals surface area contributed by atoms with Gasteiger partial charge in [0.25, 0.3) is 5.82 Å². The van der Waals surface area contributed by atoms with E-state index in [-0.39, 0.29) is 5.92 Å². The average Bonchev–Trinajstić information content (AvgIpc) is 2.38. The molecule has 4 nitrogen and oxygen atoms in total. The highest BCUT2D eigenvalue weighted by atomic mass is 19.4. The van der Waals surface area contributed by atoms with Crippen LogP contribution in [0.4, 0.5) is 19.0 Å². The van der Waals surface area contributed by atoms with Crippen LogP contribution in [0.15, 0.2) is 18.3 Å². The first-order valence-electron chi connectivity index (χ1n) is 5.94. The monoisotopic (exact) mass is 275 g/mol. The molecule has 0 bridgehead atoms. The number of H-pyrrole nitrogens is 1. The number of alkyl halides is 3. The van der Waals surface area contributed by atoms with Crippen molar-refractivity contribution < 1.29 is 28.1 Å². The molecule has 0 radical (unpaired) electrons. The van der Waals surface area contributed by atoms with E-state index in [1.807, 2.05) is 4.90 Å². The molecule has 2 heterocycles. The zero-order valence-electron chi connectivity index (χ0n) is 10.1. The van der Waals surface area contributed by atoms with Crippen LogP contribution < -0.4 is 9.88 Å². The molecule has 7 heteroatoms. The van der Waals surface area contributed by atoms with Gasteiger partial charge in [0.2, 0.25) is 0 Å². The number of carbonyl (C=O) groups is 1. The van der Waals surface area contributed by atoms with Gasteiger partial charge in [-0.15, -0.1) is 0 Å². The van der Waals surface area contributed by atoms with E-state index in [1.165, 1.54) is 6.07 Å². The predicted octanol–water partition coefficient (Wildman–Crippen LogP) is 1.82. The largest absolute Gasteiger partial charge is 0.481 e. The topological polar surface area (TPSA) is 54.7 Å². The van der Waals surface area contributed by atoms with Crippen molar-refractivity contribution in [3.8, 4) is 0 Å². The number of carboxylic acid groups (broad SMARTS) is 1. The number of carboxylic acids is 1. The van der Waals surface area contributed by atoms with Crippen LogP contribution in [0.3, 0.4) is 0 Å². The number of nitrogens with zero attached hydrogens (tertiary/aromatic N) is 1. The SMILES string of the molecule is O=C(O)C1CCN(c2ccc(C(F)(F)F)c[nH+]2)CC1. The van der Waals surface area contributed by atoms with E-state index in [0.29, 0.717) is 31.7 Å². The molecule has 0 aliphatic carbocycles. The Labute approximate surface area is 107 Å². The molecule has 1 aromatic heterocycles. The molecule has 2 rings (SSSR count). The Morgan fingerprint density at radius 3 is 2.37 bits per heavy atom. The number of hydrogen-bond acceptors (Lipinski definition) is 2. The molecular formula is C12H14F3N2O2+. The van der Waals surface area contributed by atoms with Crippen LogP contribution in [0.25, 0.3) is 0 Å². The number of anilines is 1. The number of hydrogen-bond donors (Lipinski definition) is 1. The first-order chi connectivity index (χ1) is 8.88. The van der Waals surface area contributed by atoms with E-state index in [1.54, 1.807) is 0 Å². The minimum atomic E-state index is -4.36. The van der Waals surface area contributed by atoms with Crippen LogP contribution >= 0.6 is 0 Å². The van der Waals surface area contributed by atoms with Gasteiger partial charge >= 0.3 is 12.1 Å². The molecule has 1 aliphatic rings. The van der Waals surface area contributed by atoms with E-state index in [9.17, 15) is 18.0 Å². The van der Waals surface area contributed by atoms with Crippen LogP contribution in [-0.2, 0) is 11.0 Å². The second-order valence-corrected chi connectivity index (χ2v) is 4.56. The van der Waals surface area contributed by atoms with Crippen molar-refractivity contribution in [3.05, 3.63) is 23.9 Å². The van der Waals surface area contributed by atoms with Crippen molar-refractivity contribution in [1.29, 1.82) is 0 Å². The van der Waals surface area contributed by atoms with Crippen molar-refractivity contribution in [3.63, 3.8) is 0 Å². The van der Waals surface area contributed by atoms with Crippen LogP contribution in [0.2, 0.25) is 0 Å². The van der Waals surface area contributed by atoms with Gasteiger partial charge in [0.1, 0.15) is 6.20 Å². The van der Waals surface area contributed by atoms with Crippen LogP contribution in [0.5, 0.6) is 0 Å². The summed E-state index contributed by atoms with van der Waals surface area (Å²) < 4.78 is 37.2.